The van der Waals surface area contributed by atoms with Crippen LogP contribution in [0.1, 0.15) is 22.2 Å². The predicted octanol–water partition coefficient (Wildman–Crippen LogP) is 4.17. The second-order valence-electron chi connectivity index (χ2n) is 3.69. The van der Waals surface area contributed by atoms with Gasteiger partial charge in [0, 0.05) is 15.9 Å². The summed E-state index contributed by atoms with van der Waals surface area (Å²) in [6.07, 6.45) is 0. The highest BCUT2D eigenvalue weighted by Crippen LogP contribution is 2.32. The van der Waals surface area contributed by atoms with E-state index in [0.29, 0.717) is 6.54 Å². The summed E-state index contributed by atoms with van der Waals surface area (Å²) >= 11 is 8.66. The minimum Gasteiger partial charge on any atom is -0.444 e. The van der Waals surface area contributed by atoms with Gasteiger partial charge in [-0.2, -0.15) is 0 Å². The fourth-order valence-corrected chi connectivity index (χ4v) is 3.53. The van der Waals surface area contributed by atoms with Crippen LogP contribution >= 0.6 is 43.2 Å². The molecule has 2 aromatic rings. The summed E-state index contributed by atoms with van der Waals surface area (Å²) in [5.41, 5.74) is 0.961. The van der Waals surface area contributed by atoms with Gasteiger partial charge in [0.25, 0.3) is 0 Å². The number of oxazole rings is 1. The zero-order chi connectivity index (χ0) is 12.4. The van der Waals surface area contributed by atoms with Crippen LogP contribution in [0.5, 0.6) is 0 Å². The second-order valence-corrected chi connectivity index (χ2v) is 7.00. The Morgan fingerprint density at radius 2 is 2.12 bits per heavy atom. The van der Waals surface area contributed by atoms with Crippen LogP contribution < -0.4 is 5.32 Å². The topological polar surface area (TPSA) is 38.1 Å². The number of rotatable bonds is 4. The molecule has 6 heteroatoms. The first kappa shape index (κ1) is 13.3. The van der Waals surface area contributed by atoms with Gasteiger partial charge >= 0.3 is 0 Å². The SMILES string of the molecule is Cc1nc(CNCc2cc(Br)c(Br)s2)oc1C. The summed E-state index contributed by atoms with van der Waals surface area (Å²) in [4.78, 5) is 5.59. The Hall–Kier alpha value is -0.170. The maximum Gasteiger partial charge on any atom is 0.208 e. The van der Waals surface area contributed by atoms with Crippen LogP contribution in [-0.4, -0.2) is 4.98 Å². The second kappa shape index (κ2) is 5.65. The van der Waals surface area contributed by atoms with Gasteiger partial charge in [-0.3, -0.25) is 0 Å². The number of aryl methyl sites for hydroxylation is 2. The zero-order valence-corrected chi connectivity index (χ0v) is 13.5. The summed E-state index contributed by atoms with van der Waals surface area (Å²) in [6.45, 7) is 5.35. The van der Waals surface area contributed by atoms with Gasteiger partial charge in [0.15, 0.2) is 0 Å². The van der Waals surface area contributed by atoms with Crippen LogP contribution in [0.3, 0.4) is 0 Å². The molecule has 0 atom stereocenters. The fourth-order valence-electron chi connectivity index (χ4n) is 1.39. The average molecular weight is 380 g/mol. The van der Waals surface area contributed by atoms with Crippen molar-refractivity contribution in [3.8, 4) is 0 Å². The van der Waals surface area contributed by atoms with Crippen LogP contribution in [0, 0.1) is 13.8 Å². The normalized spacial score (nSPS) is 11.1. The molecule has 0 radical (unpaired) electrons. The van der Waals surface area contributed by atoms with Gasteiger partial charge in [-0.05, 0) is 51.8 Å². The molecule has 0 unspecified atom stereocenters. The average Bonchev–Trinajstić information content (AvgIpc) is 2.73. The van der Waals surface area contributed by atoms with Gasteiger partial charge in [0.1, 0.15) is 5.76 Å². The van der Waals surface area contributed by atoms with E-state index in [1.807, 2.05) is 13.8 Å². The number of aromatic nitrogens is 1. The van der Waals surface area contributed by atoms with Gasteiger partial charge in [0.05, 0.1) is 16.0 Å². The molecular weight excluding hydrogens is 368 g/mol. The monoisotopic (exact) mass is 378 g/mol. The van der Waals surface area contributed by atoms with Crippen molar-refractivity contribution in [3.63, 3.8) is 0 Å². The Labute approximate surface area is 121 Å². The van der Waals surface area contributed by atoms with E-state index in [4.69, 9.17) is 4.42 Å². The Morgan fingerprint density at radius 3 is 2.65 bits per heavy atom. The lowest BCUT2D eigenvalue weighted by molar-refractivity contribution is 0.449. The third-order valence-corrected chi connectivity index (χ3v) is 5.60. The zero-order valence-electron chi connectivity index (χ0n) is 9.51. The van der Waals surface area contributed by atoms with E-state index < -0.39 is 0 Å². The lowest BCUT2D eigenvalue weighted by Gasteiger charge is -1.98. The van der Waals surface area contributed by atoms with Gasteiger partial charge in [-0.1, -0.05) is 0 Å². The quantitative estimate of drug-likeness (QED) is 0.866. The van der Waals surface area contributed by atoms with E-state index in [9.17, 15) is 0 Å². The molecule has 1 N–H and O–H groups in total. The Balaban J connectivity index is 1.87. The van der Waals surface area contributed by atoms with Crippen molar-refractivity contribution < 1.29 is 4.42 Å². The molecule has 0 saturated carbocycles. The summed E-state index contributed by atoms with van der Waals surface area (Å²) in [5.74, 6) is 1.64. The van der Waals surface area contributed by atoms with E-state index in [1.165, 1.54) is 4.88 Å². The molecular formula is C11H12Br2N2OS. The summed E-state index contributed by atoms with van der Waals surface area (Å²) in [6, 6.07) is 2.10. The lowest BCUT2D eigenvalue weighted by Crippen LogP contribution is -2.11. The number of nitrogens with zero attached hydrogens (tertiary/aromatic N) is 1. The standard InChI is InChI=1S/C11H12Br2N2OS/c1-6-7(2)16-10(15-6)5-14-4-8-3-9(12)11(13)17-8/h3,14H,4-5H2,1-2H3. The molecule has 2 heterocycles. The third-order valence-electron chi connectivity index (χ3n) is 2.34. The maximum absolute atomic E-state index is 5.49. The van der Waals surface area contributed by atoms with E-state index in [1.54, 1.807) is 11.3 Å². The van der Waals surface area contributed by atoms with Crippen LogP contribution in [0.25, 0.3) is 0 Å². The summed E-state index contributed by atoms with van der Waals surface area (Å²) in [5, 5.41) is 3.31. The van der Waals surface area contributed by atoms with Crippen molar-refractivity contribution in [1.82, 2.24) is 10.3 Å². The first-order valence-corrected chi connectivity index (χ1v) is 7.54. The van der Waals surface area contributed by atoms with Crippen molar-refractivity contribution in [2.45, 2.75) is 26.9 Å². The molecule has 0 bridgehead atoms. The van der Waals surface area contributed by atoms with Crippen LogP contribution in [0.4, 0.5) is 0 Å². The molecule has 0 amide bonds. The van der Waals surface area contributed by atoms with E-state index in [2.05, 4.69) is 48.2 Å². The first-order valence-electron chi connectivity index (χ1n) is 5.13. The molecule has 0 aliphatic rings. The highest BCUT2D eigenvalue weighted by Gasteiger charge is 2.06. The lowest BCUT2D eigenvalue weighted by atomic mass is 10.4. The first-order chi connectivity index (χ1) is 8.06. The molecule has 92 valence electrons. The largest absolute Gasteiger partial charge is 0.444 e. The number of nitrogens with one attached hydrogen (secondary N) is 1. The van der Waals surface area contributed by atoms with Crippen molar-refractivity contribution in [2.75, 3.05) is 0 Å². The molecule has 0 aliphatic carbocycles. The molecule has 17 heavy (non-hydrogen) atoms. The summed E-state index contributed by atoms with van der Waals surface area (Å²) in [7, 11) is 0. The molecule has 2 rings (SSSR count). The molecule has 3 nitrogen and oxygen atoms in total. The van der Waals surface area contributed by atoms with Gasteiger partial charge < -0.3 is 9.73 Å². The van der Waals surface area contributed by atoms with E-state index in [0.717, 1.165) is 32.1 Å². The molecule has 0 spiro atoms. The molecule has 0 fully saturated rings. The van der Waals surface area contributed by atoms with Gasteiger partial charge in [-0.15, -0.1) is 11.3 Å². The Bertz CT molecular complexity index is 436. The van der Waals surface area contributed by atoms with Crippen molar-refractivity contribution in [2.24, 2.45) is 0 Å². The molecule has 2 aromatic heterocycles. The summed E-state index contributed by atoms with van der Waals surface area (Å²) < 4.78 is 7.71. The van der Waals surface area contributed by atoms with Crippen molar-refractivity contribution in [1.29, 1.82) is 0 Å². The highest BCUT2D eigenvalue weighted by molar-refractivity contribution is 9.13. The smallest absolute Gasteiger partial charge is 0.208 e. The van der Waals surface area contributed by atoms with E-state index in [-0.39, 0.29) is 0 Å². The minimum absolute atomic E-state index is 0.655. The molecule has 0 saturated heterocycles. The van der Waals surface area contributed by atoms with Crippen LogP contribution in [-0.2, 0) is 13.1 Å². The number of thiophene rings is 1. The molecule has 0 aliphatic heterocycles. The predicted molar refractivity (Wildman–Crippen MR) is 76.2 cm³/mol. The van der Waals surface area contributed by atoms with Gasteiger partial charge in [-0.25, -0.2) is 4.98 Å². The van der Waals surface area contributed by atoms with Crippen LogP contribution in [0.2, 0.25) is 0 Å². The third kappa shape index (κ3) is 3.40. The van der Waals surface area contributed by atoms with E-state index >= 15 is 0 Å². The molecule has 0 aromatic carbocycles. The number of hydrogen-bond acceptors (Lipinski definition) is 4. The number of hydrogen-bond donors (Lipinski definition) is 1. The highest BCUT2D eigenvalue weighted by atomic mass is 79.9. The van der Waals surface area contributed by atoms with Gasteiger partial charge in [0.2, 0.25) is 5.89 Å². The number of halogens is 2. The maximum atomic E-state index is 5.49. The van der Waals surface area contributed by atoms with Crippen molar-refractivity contribution in [3.05, 3.63) is 36.5 Å². The Kier molecular flexibility index (Phi) is 4.41. The minimum atomic E-state index is 0.655. The Morgan fingerprint density at radius 1 is 1.35 bits per heavy atom. The van der Waals surface area contributed by atoms with Crippen LogP contribution in [0.15, 0.2) is 18.7 Å². The van der Waals surface area contributed by atoms with Crippen molar-refractivity contribution >= 4 is 43.2 Å². The fraction of sp³-hybridized carbons (Fsp3) is 0.364.